The summed E-state index contributed by atoms with van der Waals surface area (Å²) in [5, 5.41) is 0. The molecule has 0 atom stereocenters. The molecule has 0 unspecified atom stereocenters. The number of hydrogen-bond donors (Lipinski definition) is 1. The fourth-order valence-corrected chi connectivity index (χ4v) is 3.72. The van der Waals surface area contributed by atoms with Gasteiger partial charge in [0.2, 0.25) is 0 Å². The van der Waals surface area contributed by atoms with Gasteiger partial charge in [0.1, 0.15) is 18.2 Å². The first-order valence-electron chi connectivity index (χ1n) is 10.9. The Labute approximate surface area is 188 Å². The van der Waals surface area contributed by atoms with Gasteiger partial charge in [0, 0.05) is 48.3 Å². The second-order valence-corrected chi connectivity index (χ2v) is 8.69. The number of rotatable bonds is 7. The third-order valence-electron chi connectivity index (χ3n) is 5.78. The largest absolute Gasteiger partial charge is 0.492 e. The molecule has 0 aliphatic carbocycles. The van der Waals surface area contributed by atoms with Gasteiger partial charge in [-0.3, -0.25) is 9.78 Å². The molecule has 4 rings (SSSR count). The van der Waals surface area contributed by atoms with Crippen LogP contribution in [0, 0.1) is 5.41 Å². The molecule has 1 aliphatic rings. The number of esters is 1. The Morgan fingerprint density at radius 2 is 1.78 bits per heavy atom. The second kappa shape index (κ2) is 9.53. The highest BCUT2D eigenvalue weighted by atomic mass is 16.5. The molecule has 0 saturated carbocycles. The first kappa shape index (κ1) is 22.0. The quantitative estimate of drug-likeness (QED) is 0.546. The van der Waals surface area contributed by atoms with Crippen molar-refractivity contribution in [3.63, 3.8) is 0 Å². The van der Waals surface area contributed by atoms with Crippen LogP contribution in [0.2, 0.25) is 0 Å². The van der Waals surface area contributed by atoms with Crippen molar-refractivity contribution in [2.24, 2.45) is 5.41 Å². The molecule has 0 radical (unpaired) electrons. The van der Waals surface area contributed by atoms with Crippen molar-refractivity contribution in [1.82, 2.24) is 15.0 Å². The van der Waals surface area contributed by atoms with Gasteiger partial charge in [0.25, 0.3) is 0 Å². The third-order valence-corrected chi connectivity index (χ3v) is 5.78. The van der Waals surface area contributed by atoms with Crippen LogP contribution >= 0.6 is 0 Å². The Balaban J connectivity index is 1.40. The van der Waals surface area contributed by atoms with E-state index in [2.05, 4.69) is 15.0 Å². The summed E-state index contributed by atoms with van der Waals surface area (Å²) in [4.78, 5) is 24.4. The van der Waals surface area contributed by atoms with Crippen molar-refractivity contribution in [2.75, 3.05) is 26.9 Å². The number of carbonyl (C=O) groups excluding carboxylic acids is 1. The summed E-state index contributed by atoms with van der Waals surface area (Å²) >= 11 is 0. The highest BCUT2D eigenvalue weighted by molar-refractivity contribution is 5.76. The van der Waals surface area contributed by atoms with E-state index in [1.807, 2.05) is 48.8 Å². The maximum absolute atomic E-state index is 11.8. The molecular formula is C25H29N3O4. The molecule has 168 valence electrons. The summed E-state index contributed by atoms with van der Waals surface area (Å²) < 4.78 is 16.0. The minimum atomic E-state index is -0.707. The number of nitrogens with one attached hydrogen (secondary N) is 1. The number of carbonyl (C=O) groups is 1. The van der Waals surface area contributed by atoms with E-state index in [0.29, 0.717) is 11.7 Å². The number of benzene rings is 1. The lowest BCUT2D eigenvalue weighted by Gasteiger charge is -2.21. The maximum Gasteiger partial charge on any atom is 0.314 e. The Hall–Kier alpha value is -3.19. The van der Waals surface area contributed by atoms with Crippen LogP contribution < -0.4 is 4.74 Å². The van der Waals surface area contributed by atoms with Gasteiger partial charge in [-0.05, 0) is 63.1 Å². The lowest BCUT2D eigenvalue weighted by atomic mass is 9.95. The predicted molar refractivity (Wildman–Crippen MR) is 121 cm³/mol. The number of hydrogen-bond acceptors (Lipinski definition) is 6. The van der Waals surface area contributed by atoms with Crippen molar-refractivity contribution < 1.29 is 19.0 Å². The van der Waals surface area contributed by atoms with Gasteiger partial charge in [-0.15, -0.1) is 0 Å². The monoisotopic (exact) mass is 435 g/mol. The van der Waals surface area contributed by atoms with Gasteiger partial charge in [-0.25, -0.2) is 4.98 Å². The molecule has 7 heteroatoms. The fourth-order valence-electron chi connectivity index (χ4n) is 3.72. The zero-order chi connectivity index (χ0) is 22.6. The van der Waals surface area contributed by atoms with E-state index in [1.165, 1.54) is 12.8 Å². The van der Waals surface area contributed by atoms with Gasteiger partial charge in [0.15, 0.2) is 0 Å². The van der Waals surface area contributed by atoms with Crippen LogP contribution in [0.25, 0.3) is 22.6 Å². The zero-order valence-electron chi connectivity index (χ0n) is 18.8. The topological polar surface area (TPSA) is 86.3 Å². The minimum absolute atomic E-state index is 0.241. The molecule has 0 bridgehead atoms. The minimum Gasteiger partial charge on any atom is -0.492 e. The van der Waals surface area contributed by atoms with Crippen LogP contribution in [-0.4, -0.2) is 47.9 Å². The fraction of sp³-hybridized carbons (Fsp3) is 0.400. The van der Waals surface area contributed by atoms with Crippen molar-refractivity contribution in [1.29, 1.82) is 0 Å². The van der Waals surface area contributed by atoms with Crippen molar-refractivity contribution in [3.8, 4) is 28.4 Å². The molecule has 1 saturated heterocycles. The van der Waals surface area contributed by atoms with Gasteiger partial charge in [-0.2, -0.15) is 0 Å². The zero-order valence-corrected chi connectivity index (χ0v) is 18.8. The van der Waals surface area contributed by atoms with Crippen LogP contribution in [0.5, 0.6) is 5.75 Å². The molecule has 32 heavy (non-hydrogen) atoms. The number of H-pyrrole nitrogens is 1. The Kier molecular flexibility index (Phi) is 6.55. The van der Waals surface area contributed by atoms with E-state index in [1.54, 1.807) is 13.8 Å². The third kappa shape index (κ3) is 4.99. The highest BCUT2D eigenvalue weighted by Crippen LogP contribution is 2.28. The number of ether oxygens (including phenoxy) is 3. The van der Waals surface area contributed by atoms with E-state index in [4.69, 9.17) is 14.2 Å². The van der Waals surface area contributed by atoms with E-state index >= 15 is 0 Å². The number of imidazole rings is 1. The number of pyridine rings is 1. The summed E-state index contributed by atoms with van der Waals surface area (Å²) in [6.45, 7) is 5.45. The van der Waals surface area contributed by atoms with Crippen molar-refractivity contribution in [3.05, 3.63) is 54.5 Å². The molecular weight excluding hydrogens is 406 g/mol. The van der Waals surface area contributed by atoms with Crippen LogP contribution in [-0.2, 0) is 14.3 Å². The lowest BCUT2D eigenvalue weighted by Crippen LogP contribution is -2.32. The summed E-state index contributed by atoms with van der Waals surface area (Å²) in [7, 11) is 1.38. The van der Waals surface area contributed by atoms with Crippen LogP contribution in [0.4, 0.5) is 0 Å². The molecule has 0 spiro atoms. The average molecular weight is 436 g/mol. The maximum atomic E-state index is 11.8. The van der Waals surface area contributed by atoms with Gasteiger partial charge >= 0.3 is 5.97 Å². The molecule has 7 nitrogen and oxygen atoms in total. The summed E-state index contributed by atoms with van der Waals surface area (Å²) in [5.74, 6) is 1.71. The standard InChI is InChI=1S/C25H29N3O4/c1-25(2,24(29)30-3)16-32-20-7-4-17(5-8-20)21-9-6-19(14-26-21)23-27-15-22(28-23)18-10-12-31-13-11-18/h4-9,14-15,18H,10-13,16H2,1-3H3,(H,27,28). The van der Waals surface area contributed by atoms with Gasteiger partial charge in [0.05, 0.1) is 18.2 Å². The summed E-state index contributed by atoms with van der Waals surface area (Å²) in [5.41, 5.74) is 3.27. The number of nitrogens with zero attached hydrogens (tertiary/aromatic N) is 2. The smallest absolute Gasteiger partial charge is 0.314 e. The molecule has 3 aromatic rings. The Morgan fingerprint density at radius 3 is 2.44 bits per heavy atom. The van der Waals surface area contributed by atoms with E-state index in [9.17, 15) is 4.79 Å². The number of methoxy groups -OCH3 is 1. The average Bonchev–Trinajstić information content (AvgIpc) is 3.34. The van der Waals surface area contributed by atoms with E-state index in [0.717, 1.165) is 48.7 Å². The molecule has 1 aliphatic heterocycles. The Morgan fingerprint density at radius 1 is 1.06 bits per heavy atom. The van der Waals surface area contributed by atoms with Gasteiger partial charge in [-0.1, -0.05) is 0 Å². The molecule has 1 aromatic carbocycles. The Bertz CT molecular complexity index is 1040. The molecule has 1 fully saturated rings. The van der Waals surface area contributed by atoms with Gasteiger partial charge < -0.3 is 19.2 Å². The predicted octanol–water partition coefficient (Wildman–Crippen LogP) is 4.61. The van der Waals surface area contributed by atoms with E-state index in [-0.39, 0.29) is 12.6 Å². The van der Waals surface area contributed by atoms with Crippen LogP contribution in [0.3, 0.4) is 0 Å². The first-order chi connectivity index (χ1) is 15.5. The van der Waals surface area contributed by atoms with Crippen molar-refractivity contribution >= 4 is 5.97 Å². The SMILES string of the molecule is COC(=O)C(C)(C)COc1ccc(-c2ccc(-c3ncc(C4CCOCC4)[nH]3)cn2)cc1. The molecule has 2 aromatic heterocycles. The normalized spacial score (nSPS) is 14.8. The van der Waals surface area contributed by atoms with Crippen LogP contribution in [0.1, 0.15) is 38.3 Å². The first-order valence-corrected chi connectivity index (χ1v) is 10.9. The molecule has 3 heterocycles. The lowest BCUT2D eigenvalue weighted by molar-refractivity contribution is -0.152. The summed E-state index contributed by atoms with van der Waals surface area (Å²) in [6.07, 6.45) is 5.82. The van der Waals surface area contributed by atoms with E-state index < -0.39 is 5.41 Å². The summed E-state index contributed by atoms with van der Waals surface area (Å²) in [6, 6.07) is 11.7. The number of aromatic amines is 1. The van der Waals surface area contributed by atoms with Crippen LogP contribution in [0.15, 0.2) is 48.8 Å². The number of aromatic nitrogens is 3. The molecule has 1 N–H and O–H groups in total. The second-order valence-electron chi connectivity index (χ2n) is 8.69. The molecule has 0 amide bonds. The highest BCUT2D eigenvalue weighted by Gasteiger charge is 2.29. The van der Waals surface area contributed by atoms with Crippen molar-refractivity contribution in [2.45, 2.75) is 32.6 Å².